The van der Waals surface area contributed by atoms with Crippen LogP contribution >= 0.6 is 0 Å². The van der Waals surface area contributed by atoms with Gasteiger partial charge in [-0.25, -0.2) is 14.8 Å². The van der Waals surface area contributed by atoms with Crippen molar-refractivity contribution in [3.05, 3.63) is 18.1 Å². The van der Waals surface area contributed by atoms with Crippen LogP contribution in [-0.4, -0.2) is 40.0 Å². The first kappa shape index (κ1) is 11.5. The highest BCUT2D eigenvalue weighted by Crippen LogP contribution is 2.21. The predicted octanol–water partition coefficient (Wildman–Crippen LogP) is -0.514. The van der Waals surface area contributed by atoms with Crippen LogP contribution in [0.25, 0.3) is 0 Å². The van der Waals surface area contributed by atoms with Crippen LogP contribution in [0.2, 0.25) is 0 Å². The normalized spacial score (nSPS) is 19.7. The van der Waals surface area contributed by atoms with Crippen molar-refractivity contribution in [3.63, 3.8) is 0 Å². The number of aromatic nitrogens is 2. The number of amides is 1. The van der Waals surface area contributed by atoms with E-state index >= 15 is 0 Å². The molecule has 0 saturated carbocycles. The Bertz CT molecular complexity index is 445. The molecule has 0 spiro atoms. The first-order valence-corrected chi connectivity index (χ1v) is 5.17. The molecule has 7 nitrogen and oxygen atoms in total. The van der Waals surface area contributed by atoms with Gasteiger partial charge in [0.25, 0.3) is 0 Å². The number of aromatic carboxylic acids is 1. The Balaban J connectivity index is 2.18. The molecular weight excluding hydrogens is 224 g/mol. The quantitative estimate of drug-likeness (QED) is 0.731. The monoisotopic (exact) mass is 236 g/mol. The molecule has 0 bridgehead atoms. The lowest BCUT2D eigenvalue weighted by atomic mass is 10.1. The molecule has 1 saturated heterocycles. The lowest BCUT2D eigenvalue weighted by Crippen LogP contribution is -2.27. The van der Waals surface area contributed by atoms with E-state index in [0.717, 1.165) is 6.20 Å². The van der Waals surface area contributed by atoms with Crippen molar-refractivity contribution in [2.45, 2.75) is 6.42 Å². The van der Waals surface area contributed by atoms with Crippen molar-refractivity contribution in [1.29, 1.82) is 0 Å². The summed E-state index contributed by atoms with van der Waals surface area (Å²) < 4.78 is 0. The van der Waals surface area contributed by atoms with Gasteiger partial charge in [-0.15, -0.1) is 0 Å². The van der Waals surface area contributed by atoms with Gasteiger partial charge in [0.1, 0.15) is 0 Å². The number of carboxylic acids is 1. The number of nitrogens with two attached hydrogens (primary N) is 1. The Kier molecular flexibility index (Phi) is 3.01. The van der Waals surface area contributed by atoms with Crippen LogP contribution < -0.4 is 10.6 Å². The number of nitrogens with zero attached hydrogens (tertiary/aromatic N) is 3. The second kappa shape index (κ2) is 4.46. The third kappa shape index (κ3) is 2.23. The summed E-state index contributed by atoms with van der Waals surface area (Å²) in [6, 6.07) is 0. The van der Waals surface area contributed by atoms with Gasteiger partial charge in [0, 0.05) is 13.0 Å². The van der Waals surface area contributed by atoms with Crippen molar-refractivity contribution in [3.8, 4) is 0 Å². The molecule has 3 N–H and O–H groups in total. The summed E-state index contributed by atoms with van der Waals surface area (Å²) in [5.41, 5.74) is 5.36. The van der Waals surface area contributed by atoms with Gasteiger partial charge in [-0.3, -0.25) is 9.69 Å². The summed E-state index contributed by atoms with van der Waals surface area (Å²) in [5.74, 6) is -0.700. The van der Waals surface area contributed by atoms with Gasteiger partial charge in [-0.1, -0.05) is 0 Å². The van der Waals surface area contributed by atoms with Gasteiger partial charge in [0.2, 0.25) is 5.91 Å². The highest BCUT2D eigenvalue weighted by atomic mass is 16.4. The van der Waals surface area contributed by atoms with E-state index in [-0.39, 0.29) is 17.5 Å². The van der Waals surface area contributed by atoms with E-state index in [1.807, 2.05) is 0 Å². The summed E-state index contributed by atoms with van der Waals surface area (Å²) in [6.07, 6.45) is 2.83. The molecule has 0 aromatic carbocycles. The van der Waals surface area contributed by atoms with Crippen LogP contribution in [0.5, 0.6) is 0 Å². The first-order valence-electron chi connectivity index (χ1n) is 5.17. The molecule has 1 unspecified atom stereocenters. The Morgan fingerprint density at radius 2 is 2.29 bits per heavy atom. The zero-order valence-electron chi connectivity index (χ0n) is 9.04. The van der Waals surface area contributed by atoms with Crippen LogP contribution in [-0.2, 0) is 4.79 Å². The van der Waals surface area contributed by atoms with Crippen molar-refractivity contribution in [1.82, 2.24) is 9.97 Å². The molecule has 17 heavy (non-hydrogen) atoms. The zero-order valence-corrected chi connectivity index (χ0v) is 9.04. The van der Waals surface area contributed by atoms with E-state index in [4.69, 9.17) is 10.8 Å². The molecular formula is C10H12N4O3. The second-order valence-electron chi connectivity index (χ2n) is 3.88. The van der Waals surface area contributed by atoms with Gasteiger partial charge in [-0.2, -0.15) is 0 Å². The van der Waals surface area contributed by atoms with Crippen molar-refractivity contribution in [2.75, 3.05) is 18.0 Å². The van der Waals surface area contributed by atoms with E-state index < -0.39 is 5.97 Å². The minimum atomic E-state index is -1.14. The molecule has 1 atom stereocenters. The SMILES string of the molecule is NCC1CC(=O)N(c2cnc(C(=O)O)cn2)C1. The first-order chi connectivity index (χ1) is 8.11. The van der Waals surface area contributed by atoms with Crippen molar-refractivity contribution in [2.24, 2.45) is 11.7 Å². The minimum Gasteiger partial charge on any atom is -0.476 e. The maximum absolute atomic E-state index is 11.6. The Morgan fingerprint density at radius 3 is 2.76 bits per heavy atom. The number of carbonyl (C=O) groups excluding carboxylic acids is 1. The number of hydrogen-bond donors (Lipinski definition) is 2. The third-order valence-corrected chi connectivity index (χ3v) is 2.67. The van der Waals surface area contributed by atoms with Gasteiger partial charge >= 0.3 is 5.97 Å². The molecule has 2 heterocycles. The number of rotatable bonds is 3. The maximum atomic E-state index is 11.6. The van der Waals surface area contributed by atoms with E-state index in [9.17, 15) is 9.59 Å². The molecule has 1 fully saturated rings. The third-order valence-electron chi connectivity index (χ3n) is 2.67. The Labute approximate surface area is 97.3 Å². The summed E-state index contributed by atoms with van der Waals surface area (Å²) in [5, 5.41) is 8.67. The topological polar surface area (TPSA) is 109 Å². The molecule has 0 radical (unpaired) electrons. The number of anilines is 1. The fourth-order valence-corrected chi connectivity index (χ4v) is 1.73. The molecule has 1 amide bonds. The van der Waals surface area contributed by atoms with Gasteiger partial charge in [0.15, 0.2) is 11.5 Å². The number of hydrogen-bond acceptors (Lipinski definition) is 5. The summed E-state index contributed by atoms with van der Waals surface area (Å²) in [4.78, 5) is 31.4. The fourth-order valence-electron chi connectivity index (χ4n) is 1.73. The molecule has 1 aromatic rings. The molecule has 2 rings (SSSR count). The Morgan fingerprint density at radius 1 is 1.53 bits per heavy atom. The summed E-state index contributed by atoms with van der Waals surface area (Å²) in [6.45, 7) is 0.958. The van der Waals surface area contributed by atoms with Crippen LogP contribution in [0.3, 0.4) is 0 Å². The van der Waals surface area contributed by atoms with Crippen LogP contribution in [0, 0.1) is 5.92 Å². The number of carbonyl (C=O) groups is 2. The standard InChI is InChI=1S/C10H12N4O3/c11-2-6-1-9(15)14(5-6)8-4-12-7(3-13-8)10(16)17/h3-4,6H,1-2,5,11H2,(H,16,17). The van der Waals surface area contributed by atoms with Gasteiger partial charge < -0.3 is 10.8 Å². The molecule has 1 aliphatic rings. The smallest absolute Gasteiger partial charge is 0.356 e. The Hall–Kier alpha value is -2.02. The van der Waals surface area contributed by atoms with Crippen LogP contribution in [0.1, 0.15) is 16.9 Å². The molecule has 1 aliphatic heterocycles. The molecule has 7 heteroatoms. The fraction of sp³-hybridized carbons (Fsp3) is 0.400. The average molecular weight is 236 g/mol. The lowest BCUT2D eigenvalue weighted by molar-refractivity contribution is -0.117. The number of carboxylic acid groups (broad SMARTS) is 1. The second-order valence-corrected chi connectivity index (χ2v) is 3.88. The summed E-state index contributed by atoms with van der Waals surface area (Å²) in [7, 11) is 0. The maximum Gasteiger partial charge on any atom is 0.356 e. The van der Waals surface area contributed by atoms with Crippen molar-refractivity contribution >= 4 is 17.7 Å². The van der Waals surface area contributed by atoms with Gasteiger partial charge in [0.05, 0.1) is 12.4 Å². The van der Waals surface area contributed by atoms with E-state index in [0.29, 0.717) is 25.3 Å². The molecule has 0 aliphatic carbocycles. The van der Waals surface area contributed by atoms with E-state index in [1.54, 1.807) is 0 Å². The predicted molar refractivity (Wildman–Crippen MR) is 58.5 cm³/mol. The highest BCUT2D eigenvalue weighted by molar-refractivity contribution is 5.95. The highest BCUT2D eigenvalue weighted by Gasteiger charge is 2.30. The minimum absolute atomic E-state index is 0.0576. The lowest BCUT2D eigenvalue weighted by Gasteiger charge is -2.14. The van der Waals surface area contributed by atoms with Crippen LogP contribution in [0.4, 0.5) is 5.82 Å². The van der Waals surface area contributed by atoms with E-state index in [2.05, 4.69) is 9.97 Å². The van der Waals surface area contributed by atoms with Crippen LogP contribution in [0.15, 0.2) is 12.4 Å². The summed E-state index contributed by atoms with van der Waals surface area (Å²) >= 11 is 0. The van der Waals surface area contributed by atoms with Crippen molar-refractivity contribution < 1.29 is 14.7 Å². The zero-order chi connectivity index (χ0) is 12.4. The molecule has 90 valence electrons. The average Bonchev–Trinajstić information content (AvgIpc) is 2.71. The van der Waals surface area contributed by atoms with Gasteiger partial charge in [-0.05, 0) is 12.5 Å². The largest absolute Gasteiger partial charge is 0.476 e. The van der Waals surface area contributed by atoms with E-state index in [1.165, 1.54) is 11.1 Å². The molecule has 1 aromatic heterocycles.